The zero-order valence-corrected chi connectivity index (χ0v) is 12.5. The molecule has 1 atom stereocenters. The van der Waals surface area contributed by atoms with E-state index in [1.165, 1.54) is 6.33 Å². The molecule has 0 unspecified atom stereocenters. The second-order valence-corrected chi connectivity index (χ2v) is 5.10. The van der Waals surface area contributed by atoms with E-state index in [4.69, 9.17) is 4.74 Å². The predicted molar refractivity (Wildman–Crippen MR) is 75.7 cm³/mol. The van der Waals surface area contributed by atoms with Crippen molar-refractivity contribution in [2.75, 3.05) is 19.7 Å². The smallest absolute Gasteiger partial charge is 0.224 e. The summed E-state index contributed by atoms with van der Waals surface area (Å²) in [7, 11) is 0. The number of morpholine rings is 1. The topological polar surface area (TPSA) is 102 Å². The van der Waals surface area contributed by atoms with Gasteiger partial charge in [-0.3, -0.25) is 14.6 Å². The van der Waals surface area contributed by atoms with E-state index in [0.29, 0.717) is 38.5 Å². The van der Waals surface area contributed by atoms with Crippen LogP contribution >= 0.6 is 0 Å². The third kappa shape index (κ3) is 3.30. The van der Waals surface area contributed by atoms with Crippen LogP contribution in [-0.4, -0.2) is 60.4 Å². The van der Waals surface area contributed by atoms with E-state index in [9.17, 15) is 4.79 Å². The molecule has 0 aromatic carbocycles. The zero-order chi connectivity index (χ0) is 15.4. The Morgan fingerprint density at radius 2 is 2.45 bits per heavy atom. The minimum absolute atomic E-state index is 0.0788. The van der Waals surface area contributed by atoms with Gasteiger partial charge in [-0.05, 0) is 0 Å². The largest absolute Gasteiger partial charge is 0.366 e. The Kier molecular flexibility index (Phi) is 4.42. The Bertz CT molecular complexity index is 610. The molecule has 1 saturated heterocycles. The van der Waals surface area contributed by atoms with E-state index in [2.05, 4.69) is 25.3 Å². The Morgan fingerprint density at radius 3 is 3.18 bits per heavy atom. The molecule has 0 spiro atoms. The number of aromatic amines is 1. The number of aromatic nitrogens is 6. The number of H-pyrrole nitrogens is 1. The fraction of sp³-hybridized carbons (Fsp3) is 0.615. The maximum atomic E-state index is 12.3. The fourth-order valence-corrected chi connectivity index (χ4v) is 2.36. The van der Waals surface area contributed by atoms with Crippen LogP contribution in [-0.2, 0) is 22.5 Å². The summed E-state index contributed by atoms with van der Waals surface area (Å²) in [5.41, 5.74) is 0. The minimum atomic E-state index is -0.263. The SMILES string of the molecule is CCc1nc([C@H]2CN(C(=O)CCn3cncn3)CCO2)n[nH]1. The highest BCUT2D eigenvalue weighted by atomic mass is 16.5. The number of ether oxygens (including phenoxy) is 1. The summed E-state index contributed by atoms with van der Waals surface area (Å²) in [6, 6.07) is 0. The quantitative estimate of drug-likeness (QED) is 0.831. The average molecular weight is 305 g/mol. The number of nitrogens with one attached hydrogen (secondary N) is 1. The molecule has 22 heavy (non-hydrogen) atoms. The third-order valence-electron chi connectivity index (χ3n) is 3.61. The van der Waals surface area contributed by atoms with E-state index < -0.39 is 0 Å². The highest BCUT2D eigenvalue weighted by molar-refractivity contribution is 5.76. The molecule has 9 nitrogen and oxygen atoms in total. The first-order valence-corrected chi connectivity index (χ1v) is 7.39. The molecule has 1 aliphatic rings. The van der Waals surface area contributed by atoms with Crippen LogP contribution < -0.4 is 0 Å². The van der Waals surface area contributed by atoms with Crippen molar-refractivity contribution >= 4 is 5.91 Å². The van der Waals surface area contributed by atoms with Crippen molar-refractivity contribution in [3.63, 3.8) is 0 Å². The Hall–Kier alpha value is -2.29. The summed E-state index contributed by atoms with van der Waals surface area (Å²) >= 11 is 0. The lowest BCUT2D eigenvalue weighted by Crippen LogP contribution is -2.42. The molecule has 0 radical (unpaired) electrons. The first kappa shape index (κ1) is 14.6. The first-order chi connectivity index (χ1) is 10.8. The van der Waals surface area contributed by atoms with Crippen molar-refractivity contribution < 1.29 is 9.53 Å². The number of nitrogens with zero attached hydrogens (tertiary/aromatic N) is 6. The van der Waals surface area contributed by atoms with Gasteiger partial charge in [-0.1, -0.05) is 6.92 Å². The van der Waals surface area contributed by atoms with Crippen LogP contribution in [0, 0.1) is 0 Å². The number of hydrogen-bond donors (Lipinski definition) is 1. The molecular formula is C13H19N7O2. The van der Waals surface area contributed by atoms with Crippen LogP contribution in [0.25, 0.3) is 0 Å². The highest BCUT2D eigenvalue weighted by Crippen LogP contribution is 2.19. The van der Waals surface area contributed by atoms with Gasteiger partial charge in [0.05, 0.1) is 19.7 Å². The van der Waals surface area contributed by atoms with Gasteiger partial charge < -0.3 is 9.64 Å². The van der Waals surface area contributed by atoms with Crippen LogP contribution in [0.3, 0.4) is 0 Å². The summed E-state index contributed by atoms with van der Waals surface area (Å²) in [5.74, 6) is 1.52. The van der Waals surface area contributed by atoms with E-state index in [0.717, 1.165) is 12.2 Å². The molecule has 1 aliphatic heterocycles. The molecule has 1 amide bonds. The summed E-state index contributed by atoms with van der Waals surface area (Å²) in [5, 5.41) is 11.0. The number of aryl methyl sites for hydroxylation is 2. The van der Waals surface area contributed by atoms with E-state index in [1.54, 1.807) is 15.9 Å². The van der Waals surface area contributed by atoms with Crippen LogP contribution in [0.2, 0.25) is 0 Å². The summed E-state index contributed by atoms with van der Waals surface area (Å²) in [6.45, 7) is 4.11. The van der Waals surface area contributed by atoms with Crippen molar-refractivity contribution in [2.45, 2.75) is 32.4 Å². The standard InChI is InChI=1S/C13H19N7O2/c1-2-11-16-13(18-17-11)10-7-19(5-6-22-10)12(21)3-4-20-9-14-8-15-20/h8-10H,2-7H2,1H3,(H,16,17,18)/t10-/m1/s1. The average Bonchev–Trinajstić information content (AvgIpc) is 3.24. The summed E-state index contributed by atoms with van der Waals surface area (Å²) < 4.78 is 7.34. The predicted octanol–water partition coefficient (Wildman–Crippen LogP) is -0.0512. The maximum absolute atomic E-state index is 12.3. The molecule has 0 aliphatic carbocycles. The van der Waals surface area contributed by atoms with Gasteiger partial charge in [0, 0.05) is 19.4 Å². The lowest BCUT2D eigenvalue weighted by Gasteiger charge is -2.31. The molecule has 118 valence electrons. The molecule has 9 heteroatoms. The van der Waals surface area contributed by atoms with Gasteiger partial charge in [0.1, 0.15) is 24.6 Å². The van der Waals surface area contributed by atoms with Crippen molar-refractivity contribution in [1.82, 2.24) is 34.8 Å². The molecule has 2 aromatic heterocycles. The molecule has 0 saturated carbocycles. The van der Waals surface area contributed by atoms with E-state index >= 15 is 0 Å². The molecule has 1 fully saturated rings. The number of carbonyl (C=O) groups excluding carboxylic acids is 1. The summed E-state index contributed by atoms with van der Waals surface area (Å²) in [6.07, 6.45) is 3.99. The van der Waals surface area contributed by atoms with Crippen LogP contribution in [0.5, 0.6) is 0 Å². The Morgan fingerprint density at radius 1 is 1.55 bits per heavy atom. The lowest BCUT2D eigenvalue weighted by atomic mass is 10.2. The zero-order valence-electron chi connectivity index (χ0n) is 12.5. The monoisotopic (exact) mass is 305 g/mol. The molecule has 1 N–H and O–H groups in total. The van der Waals surface area contributed by atoms with E-state index in [-0.39, 0.29) is 12.0 Å². The van der Waals surface area contributed by atoms with Crippen molar-refractivity contribution in [1.29, 1.82) is 0 Å². The molecule has 3 heterocycles. The molecule has 2 aromatic rings. The maximum Gasteiger partial charge on any atom is 0.224 e. The van der Waals surface area contributed by atoms with Gasteiger partial charge in [0.15, 0.2) is 5.82 Å². The molecule has 0 bridgehead atoms. The second kappa shape index (κ2) is 6.65. The van der Waals surface area contributed by atoms with Gasteiger partial charge >= 0.3 is 0 Å². The lowest BCUT2D eigenvalue weighted by molar-refractivity contribution is -0.139. The van der Waals surface area contributed by atoms with Crippen molar-refractivity contribution in [3.8, 4) is 0 Å². The van der Waals surface area contributed by atoms with Gasteiger partial charge in [0.25, 0.3) is 0 Å². The number of amides is 1. The minimum Gasteiger partial charge on any atom is -0.366 e. The molecule has 3 rings (SSSR count). The Labute approximate surface area is 127 Å². The first-order valence-electron chi connectivity index (χ1n) is 7.39. The van der Waals surface area contributed by atoms with Crippen LogP contribution in [0.15, 0.2) is 12.7 Å². The normalized spacial score (nSPS) is 18.6. The second-order valence-electron chi connectivity index (χ2n) is 5.10. The van der Waals surface area contributed by atoms with Crippen molar-refractivity contribution in [3.05, 3.63) is 24.3 Å². The molecular weight excluding hydrogens is 286 g/mol. The highest BCUT2D eigenvalue weighted by Gasteiger charge is 2.27. The number of hydrogen-bond acceptors (Lipinski definition) is 6. The van der Waals surface area contributed by atoms with Gasteiger partial charge in [0.2, 0.25) is 5.91 Å². The third-order valence-corrected chi connectivity index (χ3v) is 3.61. The Balaban J connectivity index is 1.56. The van der Waals surface area contributed by atoms with E-state index in [1.807, 2.05) is 6.92 Å². The van der Waals surface area contributed by atoms with Gasteiger partial charge in [-0.2, -0.15) is 10.2 Å². The van der Waals surface area contributed by atoms with Crippen molar-refractivity contribution in [2.24, 2.45) is 0 Å². The summed E-state index contributed by atoms with van der Waals surface area (Å²) in [4.78, 5) is 22.3. The van der Waals surface area contributed by atoms with Crippen LogP contribution in [0.4, 0.5) is 0 Å². The fourth-order valence-electron chi connectivity index (χ4n) is 2.36. The van der Waals surface area contributed by atoms with Crippen LogP contribution in [0.1, 0.15) is 31.1 Å². The van der Waals surface area contributed by atoms with Gasteiger partial charge in [-0.15, -0.1) is 0 Å². The number of carbonyl (C=O) groups is 1. The number of rotatable bonds is 5. The van der Waals surface area contributed by atoms with Gasteiger partial charge in [-0.25, -0.2) is 9.97 Å².